The molecule has 0 saturated carbocycles. The summed E-state index contributed by atoms with van der Waals surface area (Å²) >= 11 is 0. The van der Waals surface area contributed by atoms with Gasteiger partial charge in [0.15, 0.2) is 0 Å². The number of nitrogens with zero attached hydrogens (tertiary/aromatic N) is 2. The van der Waals surface area contributed by atoms with Crippen LogP contribution in [0.3, 0.4) is 0 Å². The molecular weight excluding hydrogens is 388 g/mol. The van der Waals surface area contributed by atoms with Crippen LogP contribution in [0.1, 0.15) is 26.3 Å². The fourth-order valence-corrected chi connectivity index (χ4v) is 2.37. The second kappa shape index (κ2) is 10.1. The number of hydrogen-bond donors (Lipinski definition) is 2. The van der Waals surface area contributed by atoms with Gasteiger partial charge in [-0.3, -0.25) is 4.79 Å². The number of nitrogens with one attached hydrogen (secondary N) is 2. The first-order valence-electron chi connectivity index (χ1n) is 8.43. The maximum Gasteiger partial charge on any atom is 0.339 e. The first-order valence-corrected chi connectivity index (χ1v) is 8.43. The number of rotatable bonds is 6. The third kappa shape index (κ3) is 5.00. The summed E-state index contributed by atoms with van der Waals surface area (Å²) in [6.07, 6.45) is 1.08. The summed E-state index contributed by atoms with van der Waals surface area (Å²) in [6.45, 7) is 0. The fourth-order valence-electron chi connectivity index (χ4n) is 2.37. The summed E-state index contributed by atoms with van der Waals surface area (Å²) in [7, 11) is 2.40. The molecule has 2 aromatic rings. The summed E-state index contributed by atoms with van der Waals surface area (Å²) in [5.74, 6) is -2.09. The van der Waals surface area contributed by atoms with Crippen molar-refractivity contribution in [1.29, 1.82) is 10.5 Å². The van der Waals surface area contributed by atoms with Crippen molar-refractivity contribution in [3.63, 3.8) is 0 Å². The van der Waals surface area contributed by atoms with Gasteiger partial charge in [0.05, 0.1) is 42.3 Å². The van der Waals surface area contributed by atoms with Crippen molar-refractivity contribution >= 4 is 29.2 Å². The third-order valence-corrected chi connectivity index (χ3v) is 3.88. The molecule has 0 unspecified atom stereocenters. The number of methoxy groups -OCH3 is 2. The van der Waals surface area contributed by atoms with Gasteiger partial charge in [-0.15, -0.1) is 0 Å². The van der Waals surface area contributed by atoms with E-state index in [1.165, 1.54) is 44.6 Å². The normalized spacial score (nSPS) is 10.2. The Labute approximate surface area is 172 Å². The molecule has 0 atom stereocenters. The molecular formula is C21H16N4O5. The van der Waals surface area contributed by atoms with E-state index in [4.69, 9.17) is 10.00 Å². The lowest BCUT2D eigenvalue weighted by atomic mass is 10.1. The van der Waals surface area contributed by atoms with Gasteiger partial charge in [-0.2, -0.15) is 10.5 Å². The minimum Gasteiger partial charge on any atom is -0.465 e. The lowest BCUT2D eigenvalue weighted by Gasteiger charge is -2.10. The van der Waals surface area contributed by atoms with E-state index in [2.05, 4.69) is 15.4 Å². The molecule has 0 heterocycles. The summed E-state index contributed by atoms with van der Waals surface area (Å²) in [6, 6.07) is 14.0. The van der Waals surface area contributed by atoms with Crippen LogP contribution in [0.2, 0.25) is 0 Å². The van der Waals surface area contributed by atoms with Gasteiger partial charge >= 0.3 is 11.9 Å². The van der Waals surface area contributed by atoms with Gasteiger partial charge in [0, 0.05) is 6.20 Å². The van der Waals surface area contributed by atoms with Crippen LogP contribution in [0.25, 0.3) is 0 Å². The zero-order valence-electron chi connectivity index (χ0n) is 16.1. The van der Waals surface area contributed by atoms with Gasteiger partial charge in [-0.1, -0.05) is 12.1 Å². The molecule has 150 valence electrons. The van der Waals surface area contributed by atoms with Crippen LogP contribution in [0.15, 0.2) is 54.2 Å². The van der Waals surface area contributed by atoms with Crippen molar-refractivity contribution in [2.75, 3.05) is 24.9 Å². The quantitative estimate of drug-likeness (QED) is 0.425. The van der Waals surface area contributed by atoms with Crippen molar-refractivity contribution in [1.82, 2.24) is 0 Å². The molecule has 9 nitrogen and oxygen atoms in total. The Hall–Kier alpha value is -4.63. The SMILES string of the molecule is COC(=O)c1ccc(C(=O)OC)c(N/C=C(/C#N)C(=O)Nc2ccccc2C#N)c1. The number of ether oxygens (including phenoxy) is 2. The number of amides is 1. The van der Waals surface area contributed by atoms with Crippen LogP contribution in [-0.4, -0.2) is 32.1 Å². The van der Waals surface area contributed by atoms with E-state index >= 15 is 0 Å². The third-order valence-electron chi connectivity index (χ3n) is 3.88. The predicted molar refractivity (Wildman–Crippen MR) is 106 cm³/mol. The van der Waals surface area contributed by atoms with Gasteiger partial charge in [-0.25, -0.2) is 9.59 Å². The minimum absolute atomic E-state index is 0.0777. The monoisotopic (exact) mass is 404 g/mol. The number of benzene rings is 2. The zero-order chi connectivity index (χ0) is 22.1. The van der Waals surface area contributed by atoms with E-state index in [-0.39, 0.29) is 33.6 Å². The lowest BCUT2D eigenvalue weighted by Crippen LogP contribution is -2.16. The average molecular weight is 404 g/mol. The molecule has 0 radical (unpaired) electrons. The highest BCUT2D eigenvalue weighted by Gasteiger charge is 2.16. The van der Waals surface area contributed by atoms with Crippen LogP contribution in [-0.2, 0) is 14.3 Å². The number of esters is 2. The minimum atomic E-state index is -0.767. The summed E-state index contributed by atoms with van der Waals surface area (Å²) in [5.41, 5.74) is 0.495. The average Bonchev–Trinajstić information content (AvgIpc) is 2.78. The lowest BCUT2D eigenvalue weighted by molar-refractivity contribution is -0.112. The second-order valence-corrected chi connectivity index (χ2v) is 5.67. The Balaban J connectivity index is 2.34. The summed E-state index contributed by atoms with van der Waals surface area (Å²) < 4.78 is 9.35. The first kappa shape index (κ1) is 21.7. The molecule has 2 aromatic carbocycles. The van der Waals surface area contributed by atoms with Crippen molar-refractivity contribution in [2.45, 2.75) is 0 Å². The van der Waals surface area contributed by atoms with Gasteiger partial charge in [0.1, 0.15) is 17.7 Å². The van der Waals surface area contributed by atoms with Crippen molar-refractivity contribution < 1.29 is 23.9 Å². The molecule has 0 aliphatic heterocycles. The molecule has 2 N–H and O–H groups in total. The molecule has 1 amide bonds. The maximum absolute atomic E-state index is 12.4. The van der Waals surface area contributed by atoms with Crippen LogP contribution in [0.4, 0.5) is 11.4 Å². The molecule has 0 bridgehead atoms. The number of nitriles is 2. The largest absolute Gasteiger partial charge is 0.465 e. The maximum atomic E-state index is 12.4. The molecule has 2 rings (SSSR count). The number of carbonyl (C=O) groups is 3. The molecule has 0 fully saturated rings. The van der Waals surface area contributed by atoms with Crippen molar-refractivity contribution in [3.05, 3.63) is 70.9 Å². The van der Waals surface area contributed by atoms with E-state index in [0.29, 0.717) is 0 Å². The Morgan fingerprint density at radius 2 is 1.67 bits per heavy atom. The Bertz CT molecular complexity index is 1110. The smallest absolute Gasteiger partial charge is 0.339 e. The van der Waals surface area contributed by atoms with Crippen LogP contribution in [0.5, 0.6) is 0 Å². The van der Waals surface area contributed by atoms with E-state index in [9.17, 15) is 19.6 Å². The molecule has 0 aliphatic rings. The highest BCUT2D eigenvalue weighted by molar-refractivity contribution is 6.07. The van der Waals surface area contributed by atoms with Crippen LogP contribution in [0, 0.1) is 22.7 Å². The second-order valence-electron chi connectivity index (χ2n) is 5.67. The number of anilines is 2. The van der Waals surface area contributed by atoms with Crippen LogP contribution < -0.4 is 10.6 Å². The van der Waals surface area contributed by atoms with Gasteiger partial charge in [-0.05, 0) is 30.3 Å². The number of hydrogen-bond acceptors (Lipinski definition) is 8. The predicted octanol–water partition coefficient (Wildman–Crippen LogP) is 2.59. The number of carbonyl (C=O) groups excluding carboxylic acids is 3. The van der Waals surface area contributed by atoms with E-state index in [1.54, 1.807) is 18.2 Å². The van der Waals surface area contributed by atoms with Crippen molar-refractivity contribution in [3.8, 4) is 12.1 Å². The topological polar surface area (TPSA) is 141 Å². The first-order chi connectivity index (χ1) is 14.4. The van der Waals surface area contributed by atoms with E-state index in [0.717, 1.165) is 6.20 Å². The molecule has 30 heavy (non-hydrogen) atoms. The van der Waals surface area contributed by atoms with Crippen molar-refractivity contribution in [2.24, 2.45) is 0 Å². The van der Waals surface area contributed by atoms with Gasteiger partial charge in [0.25, 0.3) is 5.91 Å². The summed E-state index contributed by atoms with van der Waals surface area (Å²) in [5, 5.41) is 23.6. The fraction of sp³-hybridized carbons (Fsp3) is 0.0952. The Morgan fingerprint density at radius 1 is 0.967 bits per heavy atom. The van der Waals surface area contributed by atoms with Gasteiger partial charge in [0.2, 0.25) is 0 Å². The summed E-state index contributed by atoms with van der Waals surface area (Å²) in [4.78, 5) is 36.1. The van der Waals surface area contributed by atoms with Gasteiger partial charge < -0.3 is 20.1 Å². The van der Waals surface area contributed by atoms with E-state index in [1.807, 2.05) is 6.07 Å². The highest BCUT2D eigenvalue weighted by atomic mass is 16.5. The number of para-hydroxylation sites is 1. The Morgan fingerprint density at radius 3 is 2.30 bits per heavy atom. The molecule has 0 aromatic heterocycles. The Kier molecular flexibility index (Phi) is 7.27. The zero-order valence-corrected chi connectivity index (χ0v) is 16.1. The standard InChI is InChI=1S/C21H16N4O5/c1-29-20(27)13-7-8-16(21(28)30-2)18(9-13)24-12-15(11-23)19(26)25-17-6-4-3-5-14(17)10-22/h3-9,12,24H,1-2H3,(H,25,26)/b15-12-. The van der Waals surface area contributed by atoms with Crippen LogP contribution >= 0.6 is 0 Å². The molecule has 0 spiro atoms. The molecule has 0 aliphatic carbocycles. The highest BCUT2D eigenvalue weighted by Crippen LogP contribution is 2.20. The van der Waals surface area contributed by atoms with E-state index < -0.39 is 17.8 Å². The molecule has 0 saturated heterocycles. The molecule has 9 heteroatoms.